The first-order valence-corrected chi connectivity index (χ1v) is 9.58. The summed E-state index contributed by atoms with van der Waals surface area (Å²) in [6, 6.07) is 6.28. The second-order valence-corrected chi connectivity index (χ2v) is 7.88. The molecule has 1 aromatic rings. The van der Waals surface area contributed by atoms with Crippen LogP contribution in [-0.4, -0.2) is 43.9 Å². The lowest BCUT2D eigenvalue weighted by atomic mass is 9.99. The fourth-order valence-electron chi connectivity index (χ4n) is 2.42. The molecule has 1 aromatic carbocycles. The SMILES string of the molecule is CS(=O)(=O)c1cccc(C(=O)N2CCCC(CBr)C2)c1. The van der Waals surface area contributed by atoms with Crippen LogP contribution < -0.4 is 0 Å². The number of likely N-dealkylation sites (tertiary alicyclic amines) is 1. The van der Waals surface area contributed by atoms with E-state index in [-0.39, 0.29) is 10.8 Å². The molecule has 1 atom stereocenters. The Hall–Kier alpha value is -0.880. The Labute approximate surface area is 128 Å². The molecule has 0 aromatic heterocycles. The monoisotopic (exact) mass is 359 g/mol. The first-order valence-electron chi connectivity index (χ1n) is 6.57. The van der Waals surface area contributed by atoms with Gasteiger partial charge in [0, 0.05) is 30.2 Å². The fraction of sp³-hybridized carbons (Fsp3) is 0.500. The van der Waals surface area contributed by atoms with E-state index in [9.17, 15) is 13.2 Å². The summed E-state index contributed by atoms with van der Waals surface area (Å²) in [5, 5.41) is 0.889. The van der Waals surface area contributed by atoms with Crippen LogP contribution in [0.3, 0.4) is 0 Å². The van der Waals surface area contributed by atoms with Crippen molar-refractivity contribution in [1.29, 1.82) is 0 Å². The minimum Gasteiger partial charge on any atom is -0.338 e. The van der Waals surface area contributed by atoms with Gasteiger partial charge in [-0.2, -0.15) is 0 Å². The molecular formula is C14H18BrNO3S. The number of carbonyl (C=O) groups is 1. The highest BCUT2D eigenvalue weighted by molar-refractivity contribution is 9.09. The van der Waals surface area contributed by atoms with Gasteiger partial charge in [0.15, 0.2) is 9.84 Å². The van der Waals surface area contributed by atoms with Crippen molar-refractivity contribution < 1.29 is 13.2 Å². The maximum Gasteiger partial charge on any atom is 0.253 e. The summed E-state index contributed by atoms with van der Waals surface area (Å²) in [4.78, 5) is 14.5. The minimum atomic E-state index is -3.28. The van der Waals surface area contributed by atoms with E-state index in [4.69, 9.17) is 0 Å². The molecule has 0 radical (unpaired) electrons. The van der Waals surface area contributed by atoms with Crippen LogP contribution in [0.5, 0.6) is 0 Å². The van der Waals surface area contributed by atoms with Gasteiger partial charge in [-0.05, 0) is 37.0 Å². The highest BCUT2D eigenvalue weighted by Crippen LogP contribution is 2.21. The topological polar surface area (TPSA) is 54.5 Å². The zero-order valence-electron chi connectivity index (χ0n) is 11.4. The Kier molecular flexibility index (Phi) is 4.86. The number of alkyl halides is 1. The third-order valence-electron chi connectivity index (χ3n) is 3.53. The van der Waals surface area contributed by atoms with E-state index < -0.39 is 9.84 Å². The van der Waals surface area contributed by atoms with Crippen molar-refractivity contribution >= 4 is 31.7 Å². The van der Waals surface area contributed by atoms with Crippen molar-refractivity contribution in [2.45, 2.75) is 17.7 Å². The van der Waals surface area contributed by atoms with Crippen molar-refractivity contribution in [3.63, 3.8) is 0 Å². The van der Waals surface area contributed by atoms with E-state index in [0.717, 1.165) is 37.5 Å². The fourth-order valence-corrected chi connectivity index (χ4v) is 3.61. The summed E-state index contributed by atoms with van der Waals surface area (Å²) in [7, 11) is -3.28. The number of nitrogens with zero attached hydrogens (tertiary/aromatic N) is 1. The molecular weight excluding hydrogens is 342 g/mol. The maximum absolute atomic E-state index is 12.5. The van der Waals surface area contributed by atoms with Crippen molar-refractivity contribution in [2.24, 2.45) is 5.92 Å². The van der Waals surface area contributed by atoms with Crippen LogP contribution >= 0.6 is 15.9 Å². The van der Waals surface area contributed by atoms with Crippen molar-refractivity contribution in [1.82, 2.24) is 4.90 Å². The molecule has 0 bridgehead atoms. The quantitative estimate of drug-likeness (QED) is 0.778. The molecule has 0 spiro atoms. The predicted molar refractivity (Wildman–Crippen MR) is 82.0 cm³/mol. The normalized spacial score (nSPS) is 19.9. The van der Waals surface area contributed by atoms with Gasteiger partial charge in [0.2, 0.25) is 0 Å². The molecule has 1 fully saturated rings. The number of amides is 1. The van der Waals surface area contributed by atoms with Crippen LogP contribution in [0.4, 0.5) is 0 Å². The van der Waals surface area contributed by atoms with Crippen LogP contribution in [-0.2, 0) is 9.84 Å². The molecule has 0 N–H and O–H groups in total. The van der Waals surface area contributed by atoms with Crippen LogP contribution in [0.2, 0.25) is 0 Å². The molecule has 1 saturated heterocycles. The van der Waals surface area contributed by atoms with E-state index >= 15 is 0 Å². The Morgan fingerprint density at radius 1 is 1.45 bits per heavy atom. The van der Waals surface area contributed by atoms with Gasteiger partial charge in [-0.3, -0.25) is 4.79 Å². The molecule has 0 saturated carbocycles. The first kappa shape index (κ1) is 15.5. The summed E-state index contributed by atoms with van der Waals surface area (Å²) in [5.41, 5.74) is 0.447. The summed E-state index contributed by atoms with van der Waals surface area (Å²) >= 11 is 3.46. The van der Waals surface area contributed by atoms with Crippen LogP contribution in [0, 0.1) is 5.92 Å². The number of hydrogen-bond acceptors (Lipinski definition) is 3. The summed E-state index contributed by atoms with van der Waals surface area (Å²) in [6.07, 6.45) is 3.27. The van der Waals surface area contributed by atoms with E-state index in [1.54, 1.807) is 12.1 Å². The highest BCUT2D eigenvalue weighted by atomic mass is 79.9. The van der Waals surface area contributed by atoms with E-state index in [1.165, 1.54) is 12.1 Å². The van der Waals surface area contributed by atoms with Gasteiger partial charge in [0.25, 0.3) is 5.91 Å². The van der Waals surface area contributed by atoms with E-state index in [0.29, 0.717) is 11.5 Å². The second kappa shape index (κ2) is 6.26. The average Bonchev–Trinajstić information content (AvgIpc) is 2.46. The number of sulfone groups is 1. The van der Waals surface area contributed by atoms with Gasteiger partial charge in [-0.1, -0.05) is 22.0 Å². The lowest BCUT2D eigenvalue weighted by molar-refractivity contribution is 0.0685. The van der Waals surface area contributed by atoms with Crippen LogP contribution in [0.1, 0.15) is 23.2 Å². The Morgan fingerprint density at radius 2 is 2.20 bits per heavy atom. The van der Waals surface area contributed by atoms with Crippen LogP contribution in [0.15, 0.2) is 29.2 Å². The number of rotatable bonds is 3. The van der Waals surface area contributed by atoms with Gasteiger partial charge in [0.1, 0.15) is 0 Å². The molecule has 110 valence electrons. The Morgan fingerprint density at radius 3 is 2.85 bits per heavy atom. The minimum absolute atomic E-state index is 0.0823. The molecule has 0 aliphatic carbocycles. The van der Waals surface area contributed by atoms with Crippen LogP contribution in [0.25, 0.3) is 0 Å². The first-order chi connectivity index (χ1) is 9.41. The Balaban J connectivity index is 2.21. The standard InChI is InChI=1S/C14H18BrNO3S/c1-20(18,19)13-6-2-5-12(8-13)14(17)16-7-3-4-11(9-15)10-16/h2,5-6,8,11H,3-4,7,9-10H2,1H3. The van der Waals surface area contributed by atoms with Crippen molar-refractivity contribution in [3.8, 4) is 0 Å². The maximum atomic E-state index is 12.5. The summed E-state index contributed by atoms with van der Waals surface area (Å²) in [6.45, 7) is 1.47. The number of halogens is 1. The van der Waals surface area contributed by atoms with Gasteiger partial charge < -0.3 is 4.90 Å². The number of hydrogen-bond donors (Lipinski definition) is 0. The molecule has 4 nitrogen and oxygen atoms in total. The molecule has 2 rings (SSSR count). The lowest BCUT2D eigenvalue weighted by Crippen LogP contribution is -2.40. The average molecular weight is 360 g/mol. The van der Waals surface area contributed by atoms with Gasteiger partial charge in [-0.15, -0.1) is 0 Å². The molecule has 1 heterocycles. The molecule has 20 heavy (non-hydrogen) atoms. The number of benzene rings is 1. The summed E-state index contributed by atoms with van der Waals surface area (Å²) < 4.78 is 23.1. The molecule has 1 amide bonds. The van der Waals surface area contributed by atoms with Crippen molar-refractivity contribution in [3.05, 3.63) is 29.8 Å². The zero-order chi connectivity index (χ0) is 14.8. The zero-order valence-corrected chi connectivity index (χ0v) is 13.8. The number of piperidine rings is 1. The van der Waals surface area contributed by atoms with Crippen molar-refractivity contribution in [2.75, 3.05) is 24.7 Å². The third kappa shape index (κ3) is 3.61. The Bertz CT molecular complexity index is 600. The summed E-state index contributed by atoms with van der Waals surface area (Å²) in [5.74, 6) is 0.395. The second-order valence-electron chi connectivity index (χ2n) is 5.21. The lowest BCUT2D eigenvalue weighted by Gasteiger charge is -2.32. The van der Waals surface area contributed by atoms with Gasteiger partial charge >= 0.3 is 0 Å². The molecule has 1 aliphatic rings. The largest absolute Gasteiger partial charge is 0.338 e. The molecule has 1 aliphatic heterocycles. The molecule has 6 heteroatoms. The van der Waals surface area contributed by atoms with Gasteiger partial charge in [-0.25, -0.2) is 8.42 Å². The third-order valence-corrected chi connectivity index (χ3v) is 5.56. The smallest absolute Gasteiger partial charge is 0.253 e. The predicted octanol–water partition coefficient (Wildman–Crippen LogP) is 2.34. The number of carbonyl (C=O) groups excluding carboxylic acids is 1. The van der Waals surface area contributed by atoms with E-state index in [2.05, 4.69) is 15.9 Å². The molecule has 1 unspecified atom stereocenters. The van der Waals surface area contributed by atoms with E-state index in [1.807, 2.05) is 4.90 Å². The van der Waals surface area contributed by atoms with Gasteiger partial charge in [0.05, 0.1) is 4.90 Å². The highest BCUT2D eigenvalue weighted by Gasteiger charge is 2.24.